The fraction of sp³-hybridized carbons (Fsp3) is 0.286. The van der Waals surface area contributed by atoms with Gasteiger partial charge in [0.25, 0.3) is 0 Å². The lowest BCUT2D eigenvalue weighted by molar-refractivity contribution is -0.389. The number of aromatic nitrogens is 1. The van der Waals surface area contributed by atoms with Crippen molar-refractivity contribution in [1.29, 1.82) is 0 Å². The van der Waals surface area contributed by atoms with Gasteiger partial charge < -0.3 is 14.9 Å². The lowest BCUT2D eigenvalue weighted by Crippen LogP contribution is -2.08. The third kappa shape index (κ3) is 2.33. The number of hydrogen-bond donors (Lipinski definition) is 0. The van der Waals surface area contributed by atoms with Crippen molar-refractivity contribution in [3.63, 3.8) is 0 Å². The highest BCUT2D eigenvalue weighted by Crippen LogP contribution is 2.36. The molecule has 0 amide bonds. The highest BCUT2D eigenvalue weighted by atomic mass is 19.4. The molecule has 82 valence electrons. The second kappa shape index (κ2) is 3.71. The van der Waals surface area contributed by atoms with Crippen LogP contribution in [0.4, 0.5) is 19.0 Å². The van der Waals surface area contributed by atoms with E-state index >= 15 is 0 Å². The zero-order valence-corrected chi connectivity index (χ0v) is 7.41. The van der Waals surface area contributed by atoms with E-state index in [1.807, 2.05) is 0 Å². The lowest BCUT2D eigenvalue weighted by Gasteiger charge is -2.08. The third-order valence-corrected chi connectivity index (χ3v) is 1.56. The van der Waals surface area contributed by atoms with Crippen molar-refractivity contribution in [1.82, 2.24) is 4.98 Å². The molecule has 5 nitrogen and oxygen atoms in total. The summed E-state index contributed by atoms with van der Waals surface area (Å²) < 4.78 is 41.2. The van der Waals surface area contributed by atoms with Crippen LogP contribution in [0.3, 0.4) is 0 Å². The van der Waals surface area contributed by atoms with Gasteiger partial charge in [-0.25, -0.2) is 0 Å². The van der Waals surface area contributed by atoms with Crippen LogP contribution < -0.4 is 4.74 Å². The highest BCUT2D eigenvalue weighted by molar-refractivity contribution is 5.39. The Bertz CT molecular complexity index is 392. The van der Waals surface area contributed by atoms with Gasteiger partial charge in [0, 0.05) is 0 Å². The van der Waals surface area contributed by atoms with Gasteiger partial charge in [0.05, 0.1) is 13.2 Å². The van der Waals surface area contributed by atoms with Crippen molar-refractivity contribution in [3.8, 4) is 5.75 Å². The largest absolute Gasteiger partial charge is 0.496 e. The van der Waals surface area contributed by atoms with Crippen molar-refractivity contribution >= 4 is 5.82 Å². The van der Waals surface area contributed by atoms with E-state index in [1.165, 1.54) is 0 Å². The molecule has 15 heavy (non-hydrogen) atoms. The molecule has 0 aliphatic carbocycles. The molecule has 0 aliphatic rings. The van der Waals surface area contributed by atoms with Crippen LogP contribution in [0.1, 0.15) is 5.56 Å². The molecule has 0 bridgehead atoms. The number of nitrogens with zero attached hydrogens (tertiary/aromatic N) is 2. The third-order valence-electron chi connectivity index (χ3n) is 1.56. The zero-order valence-electron chi connectivity index (χ0n) is 7.41. The van der Waals surface area contributed by atoms with Crippen LogP contribution in [0.15, 0.2) is 12.3 Å². The van der Waals surface area contributed by atoms with Crippen LogP contribution in [0.25, 0.3) is 0 Å². The maximum atomic E-state index is 12.3. The maximum Gasteiger partial charge on any atom is 0.423 e. The van der Waals surface area contributed by atoms with Crippen LogP contribution in [0, 0.1) is 10.1 Å². The fourth-order valence-electron chi connectivity index (χ4n) is 0.908. The first-order valence-corrected chi connectivity index (χ1v) is 3.62. The molecule has 0 fully saturated rings. The SMILES string of the molecule is COc1cc([N+](=O)[O-])ncc1C(F)(F)F. The molecule has 1 rings (SSSR count). The number of halogens is 3. The number of alkyl halides is 3. The predicted octanol–water partition coefficient (Wildman–Crippen LogP) is 2.02. The van der Waals surface area contributed by atoms with Crippen molar-refractivity contribution in [3.05, 3.63) is 27.9 Å². The Balaban J connectivity index is 3.27. The Morgan fingerprint density at radius 1 is 1.53 bits per heavy atom. The average Bonchev–Trinajstić information content (AvgIpc) is 2.15. The van der Waals surface area contributed by atoms with E-state index in [9.17, 15) is 23.3 Å². The molecule has 0 saturated heterocycles. The summed E-state index contributed by atoms with van der Waals surface area (Å²) in [4.78, 5) is 12.4. The molecule has 0 aliphatic heterocycles. The molecule has 8 heteroatoms. The standard InChI is InChI=1S/C7H5F3N2O3/c1-15-5-2-6(12(13)14)11-3-4(5)7(8,9)10/h2-3H,1H3. The summed E-state index contributed by atoms with van der Waals surface area (Å²) in [5.74, 6) is -1.32. The van der Waals surface area contributed by atoms with Crippen molar-refractivity contribution in [2.45, 2.75) is 6.18 Å². The Labute approximate surface area is 81.6 Å². The summed E-state index contributed by atoms with van der Waals surface area (Å²) in [6, 6.07) is 0.628. The molecular formula is C7H5F3N2O3. The first-order chi connectivity index (χ1) is 6.86. The van der Waals surface area contributed by atoms with Gasteiger partial charge in [0.2, 0.25) is 0 Å². The van der Waals surface area contributed by atoms with Crippen LogP contribution in [0.5, 0.6) is 5.75 Å². The van der Waals surface area contributed by atoms with Crippen molar-refractivity contribution in [2.75, 3.05) is 7.11 Å². The Morgan fingerprint density at radius 3 is 2.53 bits per heavy atom. The number of rotatable bonds is 2. The van der Waals surface area contributed by atoms with Crippen LogP contribution >= 0.6 is 0 Å². The second-order valence-electron chi connectivity index (χ2n) is 2.50. The number of hydrogen-bond acceptors (Lipinski definition) is 4. The Hall–Kier alpha value is -1.86. The summed E-state index contributed by atoms with van der Waals surface area (Å²) in [6.07, 6.45) is -4.27. The molecule has 1 aromatic heterocycles. The van der Waals surface area contributed by atoms with E-state index in [4.69, 9.17) is 0 Å². The first-order valence-electron chi connectivity index (χ1n) is 3.62. The van der Waals surface area contributed by atoms with Crippen LogP contribution in [-0.4, -0.2) is 17.0 Å². The molecular weight excluding hydrogens is 217 g/mol. The minimum atomic E-state index is -4.65. The van der Waals surface area contributed by atoms with E-state index in [0.717, 1.165) is 7.11 Å². The predicted molar refractivity (Wildman–Crippen MR) is 42.4 cm³/mol. The molecule has 0 spiro atoms. The average molecular weight is 222 g/mol. The molecule has 0 aromatic carbocycles. The number of ether oxygens (including phenoxy) is 1. The first kappa shape index (κ1) is 11.2. The van der Waals surface area contributed by atoms with Crippen LogP contribution in [0.2, 0.25) is 0 Å². The fourth-order valence-corrected chi connectivity index (χ4v) is 0.908. The van der Waals surface area contributed by atoms with Crippen LogP contribution in [-0.2, 0) is 6.18 Å². The number of nitro groups is 1. The highest BCUT2D eigenvalue weighted by Gasteiger charge is 2.37. The van der Waals surface area contributed by atoms with Crippen molar-refractivity contribution < 1.29 is 22.8 Å². The van der Waals surface area contributed by atoms with Gasteiger partial charge in [-0.1, -0.05) is 0 Å². The molecule has 0 saturated carbocycles. The van der Waals surface area contributed by atoms with E-state index in [2.05, 4.69) is 9.72 Å². The van der Waals surface area contributed by atoms with Gasteiger partial charge in [0.1, 0.15) is 11.3 Å². The Morgan fingerprint density at radius 2 is 2.13 bits per heavy atom. The quantitative estimate of drug-likeness (QED) is 0.567. The smallest absolute Gasteiger partial charge is 0.423 e. The van der Waals surface area contributed by atoms with Gasteiger partial charge in [-0.2, -0.15) is 13.2 Å². The van der Waals surface area contributed by atoms with E-state index in [1.54, 1.807) is 0 Å². The lowest BCUT2D eigenvalue weighted by atomic mass is 10.2. The van der Waals surface area contributed by atoms with E-state index in [-0.39, 0.29) is 0 Å². The molecule has 1 heterocycles. The summed E-state index contributed by atoms with van der Waals surface area (Å²) in [6.45, 7) is 0. The molecule has 1 aromatic rings. The summed E-state index contributed by atoms with van der Waals surface area (Å²) in [7, 11) is 0.994. The summed E-state index contributed by atoms with van der Waals surface area (Å²) in [5, 5.41) is 10.2. The zero-order chi connectivity index (χ0) is 11.6. The molecule has 0 N–H and O–H groups in total. The second-order valence-corrected chi connectivity index (χ2v) is 2.50. The van der Waals surface area contributed by atoms with E-state index < -0.39 is 28.2 Å². The molecule has 0 radical (unpaired) electrons. The summed E-state index contributed by atoms with van der Waals surface area (Å²) in [5.41, 5.74) is -1.14. The van der Waals surface area contributed by atoms with Crippen molar-refractivity contribution in [2.24, 2.45) is 0 Å². The minimum absolute atomic E-state index is 0.372. The topological polar surface area (TPSA) is 65.3 Å². The summed E-state index contributed by atoms with van der Waals surface area (Å²) >= 11 is 0. The minimum Gasteiger partial charge on any atom is -0.496 e. The monoisotopic (exact) mass is 222 g/mol. The normalized spacial score (nSPS) is 11.2. The van der Waals surface area contributed by atoms with Gasteiger partial charge in [0.15, 0.2) is 6.20 Å². The molecule has 0 atom stereocenters. The van der Waals surface area contributed by atoms with E-state index in [0.29, 0.717) is 12.3 Å². The molecule has 0 unspecified atom stereocenters. The van der Waals surface area contributed by atoms with Gasteiger partial charge in [-0.15, -0.1) is 0 Å². The maximum absolute atomic E-state index is 12.3. The van der Waals surface area contributed by atoms with Gasteiger partial charge in [-0.3, -0.25) is 0 Å². The van der Waals surface area contributed by atoms with Gasteiger partial charge in [-0.05, 0) is 9.91 Å². The Kier molecular flexibility index (Phi) is 2.78. The number of pyridine rings is 1. The van der Waals surface area contributed by atoms with Gasteiger partial charge >= 0.3 is 12.0 Å². The number of methoxy groups -OCH3 is 1.